The Hall–Kier alpha value is -4.37. The summed E-state index contributed by atoms with van der Waals surface area (Å²) in [6, 6.07) is 23.4. The molecule has 4 aromatic rings. The van der Waals surface area contributed by atoms with Gasteiger partial charge < -0.3 is 15.2 Å². The molecule has 35 heavy (non-hydrogen) atoms. The SMILES string of the molecule is CCC(C)C(C(=O)Nc1ccc(C#N)cc1)N1C(=O)c2ccccc2C1c1c[nH]c2ccccc12. The lowest BCUT2D eigenvalue weighted by atomic mass is 9.92. The number of hydrogen-bond donors (Lipinski definition) is 2. The fraction of sp³-hybridized carbons (Fsp3) is 0.207. The minimum absolute atomic E-state index is 0.0839. The molecule has 0 saturated carbocycles. The number of rotatable bonds is 6. The standard InChI is InChI=1S/C29H26N4O2/c1-3-18(2)26(28(34)32-20-14-12-19(16-30)13-15-20)33-27(22-9-4-5-10-23(22)29(33)35)24-17-31-25-11-7-6-8-21(24)25/h4-15,17-18,26-27,31H,3H2,1-2H3,(H,32,34). The van der Waals surface area contributed by atoms with Gasteiger partial charge in [0.2, 0.25) is 5.91 Å². The van der Waals surface area contributed by atoms with Crippen molar-refractivity contribution >= 4 is 28.4 Å². The summed E-state index contributed by atoms with van der Waals surface area (Å²) in [7, 11) is 0. The van der Waals surface area contributed by atoms with E-state index >= 15 is 0 Å². The molecule has 2 N–H and O–H groups in total. The predicted molar refractivity (Wildman–Crippen MR) is 136 cm³/mol. The van der Waals surface area contributed by atoms with E-state index in [4.69, 9.17) is 5.26 Å². The van der Waals surface area contributed by atoms with E-state index in [0.29, 0.717) is 16.8 Å². The second kappa shape index (κ2) is 9.11. The Bertz CT molecular complexity index is 1450. The van der Waals surface area contributed by atoms with Crippen molar-refractivity contribution < 1.29 is 9.59 Å². The largest absolute Gasteiger partial charge is 0.361 e. The topological polar surface area (TPSA) is 89.0 Å². The molecule has 0 spiro atoms. The zero-order valence-corrected chi connectivity index (χ0v) is 19.7. The number of aromatic amines is 1. The van der Waals surface area contributed by atoms with E-state index in [2.05, 4.69) is 16.4 Å². The molecule has 1 aromatic heterocycles. The van der Waals surface area contributed by atoms with Gasteiger partial charge in [-0.25, -0.2) is 0 Å². The van der Waals surface area contributed by atoms with E-state index in [1.807, 2.05) is 68.6 Å². The summed E-state index contributed by atoms with van der Waals surface area (Å²) in [5.41, 5.74) is 4.60. The van der Waals surface area contributed by atoms with Gasteiger partial charge in [-0.05, 0) is 47.9 Å². The van der Waals surface area contributed by atoms with Crippen molar-refractivity contribution in [3.8, 4) is 6.07 Å². The third-order valence-electron chi connectivity index (χ3n) is 6.95. The fourth-order valence-corrected chi connectivity index (χ4v) is 4.99. The van der Waals surface area contributed by atoms with E-state index < -0.39 is 6.04 Å². The summed E-state index contributed by atoms with van der Waals surface area (Å²) < 4.78 is 0. The molecule has 0 saturated heterocycles. The lowest BCUT2D eigenvalue weighted by Crippen LogP contribution is -2.49. The van der Waals surface area contributed by atoms with E-state index in [1.54, 1.807) is 29.2 Å². The van der Waals surface area contributed by atoms with E-state index in [0.717, 1.165) is 28.5 Å². The summed E-state index contributed by atoms with van der Waals surface area (Å²) in [6.45, 7) is 4.03. The average molecular weight is 463 g/mol. The van der Waals surface area contributed by atoms with Crippen LogP contribution in [0.1, 0.15) is 53.4 Å². The number of hydrogen-bond acceptors (Lipinski definition) is 3. The molecule has 5 rings (SSSR count). The molecule has 6 heteroatoms. The van der Waals surface area contributed by atoms with Gasteiger partial charge in [-0.15, -0.1) is 0 Å². The zero-order chi connectivity index (χ0) is 24.5. The van der Waals surface area contributed by atoms with Crippen molar-refractivity contribution in [3.05, 3.63) is 101 Å². The number of carbonyl (C=O) groups is 2. The van der Waals surface area contributed by atoms with Crippen LogP contribution in [0.15, 0.2) is 79.0 Å². The van der Waals surface area contributed by atoms with Crippen LogP contribution >= 0.6 is 0 Å². The van der Waals surface area contributed by atoms with Crippen molar-refractivity contribution in [3.63, 3.8) is 0 Å². The highest BCUT2D eigenvalue weighted by Crippen LogP contribution is 2.43. The summed E-state index contributed by atoms with van der Waals surface area (Å²) in [4.78, 5) is 32.7. The van der Waals surface area contributed by atoms with E-state index in [9.17, 15) is 9.59 Å². The first-order valence-corrected chi connectivity index (χ1v) is 11.8. The van der Waals surface area contributed by atoms with Gasteiger partial charge in [0.15, 0.2) is 0 Å². The number of para-hydroxylation sites is 1. The van der Waals surface area contributed by atoms with Crippen LogP contribution in [0.3, 0.4) is 0 Å². The average Bonchev–Trinajstić information content (AvgIpc) is 3.43. The van der Waals surface area contributed by atoms with Gasteiger partial charge in [0.25, 0.3) is 5.91 Å². The molecule has 2 heterocycles. The summed E-state index contributed by atoms with van der Waals surface area (Å²) >= 11 is 0. The number of nitrogens with one attached hydrogen (secondary N) is 2. The Kier molecular flexibility index (Phi) is 5.84. The van der Waals surface area contributed by atoms with Gasteiger partial charge >= 0.3 is 0 Å². The molecule has 0 bridgehead atoms. The maximum Gasteiger partial charge on any atom is 0.255 e. The molecule has 0 aliphatic carbocycles. The number of carbonyl (C=O) groups excluding carboxylic acids is 2. The Morgan fingerprint density at radius 1 is 1.06 bits per heavy atom. The van der Waals surface area contributed by atoms with Gasteiger partial charge in [0, 0.05) is 33.9 Å². The Morgan fingerprint density at radius 3 is 2.51 bits per heavy atom. The van der Waals surface area contributed by atoms with Crippen molar-refractivity contribution in [1.82, 2.24) is 9.88 Å². The van der Waals surface area contributed by atoms with E-state index in [1.165, 1.54) is 0 Å². The van der Waals surface area contributed by atoms with Gasteiger partial charge in [-0.1, -0.05) is 56.7 Å². The zero-order valence-electron chi connectivity index (χ0n) is 19.7. The Morgan fingerprint density at radius 2 is 1.77 bits per heavy atom. The number of anilines is 1. The van der Waals surface area contributed by atoms with Gasteiger partial charge in [-0.2, -0.15) is 5.26 Å². The lowest BCUT2D eigenvalue weighted by molar-refractivity contribution is -0.122. The molecule has 174 valence electrons. The maximum absolute atomic E-state index is 13.8. The number of amides is 2. The summed E-state index contributed by atoms with van der Waals surface area (Å²) in [5.74, 6) is -0.467. The number of fused-ring (bicyclic) bond motifs is 2. The lowest BCUT2D eigenvalue weighted by Gasteiger charge is -2.36. The van der Waals surface area contributed by atoms with Crippen molar-refractivity contribution in [2.75, 3.05) is 5.32 Å². The molecule has 3 aromatic carbocycles. The molecule has 2 amide bonds. The second-order valence-corrected chi connectivity index (χ2v) is 9.00. The number of aromatic nitrogens is 1. The number of benzene rings is 3. The normalized spacial score (nSPS) is 16.5. The molecule has 3 unspecified atom stereocenters. The van der Waals surface area contributed by atoms with Gasteiger partial charge in [-0.3, -0.25) is 9.59 Å². The highest BCUT2D eigenvalue weighted by atomic mass is 16.2. The molecular weight excluding hydrogens is 436 g/mol. The van der Waals surface area contributed by atoms with Crippen LogP contribution in [-0.4, -0.2) is 27.7 Å². The third-order valence-corrected chi connectivity index (χ3v) is 6.95. The van der Waals surface area contributed by atoms with Crippen LogP contribution in [0.4, 0.5) is 5.69 Å². The Labute approximate surface area is 204 Å². The molecular formula is C29H26N4O2. The first kappa shape index (κ1) is 22.4. The Balaban J connectivity index is 1.60. The monoisotopic (exact) mass is 462 g/mol. The first-order chi connectivity index (χ1) is 17.0. The number of H-pyrrole nitrogens is 1. The van der Waals surface area contributed by atoms with Crippen LogP contribution < -0.4 is 5.32 Å². The minimum atomic E-state index is -0.686. The van der Waals surface area contributed by atoms with Gasteiger partial charge in [0.05, 0.1) is 17.7 Å². The fourth-order valence-electron chi connectivity index (χ4n) is 4.99. The highest BCUT2D eigenvalue weighted by Gasteiger charge is 2.46. The van der Waals surface area contributed by atoms with Gasteiger partial charge in [0.1, 0.15) is 6.04 Å². The molecule has 1 aliphatic heterocycles. The van der Waals surface area contributed by atoms with Crippen molar-refractivity contribution in [1.29, 1.82) is 5.26 Å². The summed E-state index contributed by atoms with van der Waals surface area (Å²) in [5, 5.41) is 13.1. The predicted octanol–water partition coefficient (Wildman–Crippen LogP) is 5.64. The van der Waals surface area contributed by atoms with Crippen LogP contribution in [0, 0.1) is 17.2 Å². The van der Waals surface area contributed by atoms with Crippen molar-refractivity contribution in [2.24, 2.45) is 5.92 Å². The minimum Gasteiger partial charge on any atom is -0.361 e. The first-order valence-electron chi connectivity index (χ1n) is 11.8. The van der Waals surface area contributed by atoms with Crippen LogP contribution in [-0.2, 0) is 4.79 Å². The maximum atomic E-state index is 13.8. The molecule has 1 aliphatic rings. The second-order valence-electron chi connectivity index (χ2n) is 9.00. The number of nitrogens with zero attached hydrogens (tertiary/aromatic N) is 2. The third kappa shape index (κ3) is 3.85. The van der Waals surface area contributed by atoms with Crippen LogP contribution in [0.2, 0.25) is 0 Å². The molecule has 3 atom stereocenters. The van der Waals surface area contributed by atoms with Crippen LogP contribution in [0.5, 0.6) is 0 Å². The van der Waals surface area contributed by atoms with Crippen LogP contribution in [0.25, 0.3) is 10.9 Å². The smallest absolute Gasteiger partial charge is 0.255 e. The number of nitriles is 1. The molecule has 0 radical (unpaired) electrons. The molecule has 0 fully saturated rings. The highest BCUT2D eigenvalue weighted by molar-refractivity contribution is 6.05. The molecule has 6 nitrogen and oxygen atoms in total. The quantitative estimate of drug-likeness (QED) is 0.389. The van der Waals surface area contributed by atoms with Crippen molar-refractivity contribution in [2.45, 2.75) is 32.4 Å². The summed E-state index contributed by atoms with van der Waals surface area (Å²) in [6.07, 6.45) is 2.68. The van der Waals surface area contributed by atoms with E-state index in [-0.39, 0.29) is 23.8 Å².